The highest BCUT2D eigenvalue weighted by Crippen LogP contribution is 2.18. The standard InChI is InChI=1S/C13H18O2/c1-3-15-13-8-7-12(11(2)10-13)6-4-5-9-14/h7-10H,3-6H2,1-2H3. The van der Waals surface area contributed by atoms with Crippen LogP contribution < -0.4 is 4.74 Å². The maximum absolute atomic E-state index is 10.2. The molecule has 1 rings (SSSR count). The molecule has 0 saturated heterocycles. The van der Waals surface area contributed by atoms with Gasteiger partial charge in [0.15, 0.2) is 0 Å². The minimum absolute atomic E-state index is 0.645. The molecule has 1 aromatic rings. The first kappa shape index (κ1) is 11.8. The number of aldehydes is 1. The summed E-state index contributed by atoms with van der Waals surface area (Å²) >= 11 is 0. The fourth-order valence-electron chi connectivity index (χ4n) is 1.58. The van der Waals surface area contributed by atoms with Gasteiger partial charge in [-0.3, -0.25) is 0 Å². The zero-order valence-electron chi connectivity index (χ0n) is 9.45. The molecule has 0 atom stereocenters. The Bertz CT molecular complexity index is 318. The lowest BCUT2D eigenvalue weighted by atomic mass is 10.0. The minimum atomic E-state index is 0.645. The van der Waals surface area contributed by atoms with Crippen molar-refractivity contribution in [2.24, 2.45) is 0 Å². The number of rotatable bonds is 6. The van der Waals surface area contributed by atoms with E-state index in [1.807, 2.05) is 13.0 Å². The number of carbonyl (C=O) groups excluding carboxylic acids is 1. The van der Waals surface area contributed by atoms with Crippen molar-refractivity contribution in [2.45, 2.75) is 33.1 Å². The van der Waals surface area contributed by atoms with Gasteiger partial charge in [-0.25, -0.2) is 0 Å². The molecule has 15 heavy (non-hydrogen) atoms. The smallest absolute Gasteiger partial charge is 0.120 e. The van der Waals surface area contributed by atoms with Crippen LogP contribution in [0.2, 0.25) is 0 Å². The van der Waals surface area contributed by atoms with Crippen molar-refractivity contribution in [3.05, 3.63) is 29.3 Å². The Morgan fingerprint density at radius 2 is 2.20 bits per heavy atom. The predicted octanol–water partition coefficient (Wildman–Crippen LogP) is 2.92. The van der Waals surface area contributed by atoms with E-state index in [1.165, 1.54) is 11.1 Å². The number of benzene rings is 1. The maximum Gasteiger partial charge on any atom is 0.120 e. The summed E-state index contributed by atoms with van der Waals surface area (Å²) in [4.78, 5) is 10.2. The summed E-state index contributed by atoms with van der Waals surface area (Å²) < 4.78 is 5.41. The second kappa shape index (κ2) is 6.23. The molecule has 0 spiro atoms. The summed E-state index contributed by atoms with van der Waals surface area (Å²) in [6, 6.07) is 6.14. The Balaban J connectivity index is 2.61. The second-order valence-electron chi connectivity index (χ2n) is 3.58. The van der Waals surface area contributed by atoms with Gasteiger partial charge in [0, 0.05) is 6.42 Å². The fourth-order valence-corrected chi connectivity index (χ4v) is 1.58. The topological polar surface area (TPSA) is 26.3 Å². The summed E-state index contributed by atoms with van der Waals surface area (Å²) in [5.74, 6) is 0.925. The Labute approximate surface area is 91.3 Å². The van der Waals surface area contributed by atoms with Crippen molar-refractivity contribution in [2.75, 3.05) is 6.61 Å². The van der Waals surface area contributed by atoms with Gasteiger partial charge in [0.05, 0.1) is 6.61 Å². The summed E-state index contributed by atoms with van der Waals surface area (Å²) in [7, 11) is 0. The predicted molar refractivity (Wildman–Crippen MR) is 61.4 cm³/mol. The van der Waals surface area contributed by atoms with Crippen molar-refractivity contribution in [1.29, 1.82) is 0 Å². The highest BCUT2D eigenvalue weighted by atomic mass is 16.5. The lowest BCUT2D eigenvalue weighted by molar-refractivity contribution is -0.107. The SMILES string of the molecule is CCOc1ccc(CCCC=O)c(C)c1. The lowest BCUT2D eigenvalue weighted by Gasteiger charge is -2.08. The van der Waals surface area contributed by atoms with E-state index in [0.717, 1.165) is 24.9 Å². The van der Waals surface area contributed by atoms with E-state index < -0.39 is 0 Å². The first-order valence-electron chi connectivity index (χ1n) is 5.44. The van der Waals surface area contributed by atoms with Crippen LogP contribution in [0.4, 0.5) is 0 Å². The number of carbonyl (C=O) groups is 1. The molecule has 1 aromatic carbocycles. The van der Waals surface area contributed by atoms with Crippen LogP contribution in [0.25, 0.3) is 0 Å². The van der Waals surface area contributed by atoms with E-state index >= 15 is 0 Å². The number of unbranched alkanes of at least 4 members (excludes halogenated alkanes) is 1. The van der Waals surface area contributed by atoms with Crippen molar-refractivity contribution < 1.29 is 9.53 Å². The third kappa shape index (κ3) is 3.74. The van der Waals surface area contributed by atoms with Gasteiger partial charge in [-0.1, -0.05) is 6.07 Å². The maximum atomic E-state index is 10.2. The van der Waals surface area contributed by atoms with Crippen molar-refractivity contribution in [1.82, 2.24) is 0 Å². The van der Waals surface area contributed by atoms with E-state index in [1.54, 1.807) is 0 Å². The molecule has 0 aromatic heterocycles. The van der Waals surface area contributed by atoms with Crippen LogP contribution in [0.1, 0.15) is 30.9 Å². The molecule has 0 N–H and O–H groups in total. The van der Waals surface area contributed by atoms with Crippen LogP contribution in [-0.4, -0.2) is 12.9 Å². The Morgan fingerprint density at radius 3 is 2.80 bits per heavy atom. The van der Waals surface area contributed by atoms with Crippen molar-refractivity contribution in [3.8, 4) is 5.75 Å². The molecular formula is C13H18O2. The molecule has 0 saturated carbocycles. The van der Waals surface area contributed by atoms with E-state index in [4.69, 9.17) is 4.74 Å². The van der Waals surface area contributed by atoms with Crippen molar-refractivity contribution in [3.63, 3.8) is 0 Å². The summed E-state index contributed by atoms with van der Waals surface area (Å²) in [5, 5.41) is 0. The molecule has 82 valence electrons. The third-order valence-electron chi connectivity index (χ3n) is 2.39. The van der Waals surface area contributed by atoms with E-state index in [0.29, 0.717) is 13.0 Å². The van der Waals surface area contributed by atoms with Crippen LogP contribution >= 0.6 is 0 Å². The largest absolute Gasteiger partial charge is 0.494 e. The molecule has 0 bridgehead atoms. The number of ether oxygens (including phenoxy) is 1. The van der Waals surface area contributed by atoms with E-state index in [2.05, 4.69) is 19.1 Å². The molecule has 2 nitrogen and oxygen atoms in total. The molecule has 0 radical (unpaired) electrons. The molecule has 0 aliphatic carbocycles. The highest BCUT2D eigenvalue weighted by Gasteiger charge is 2.00. The Hall–Kier alpha value is -1.31. The fraction of sp³-hybridized carbons (Fsp3) is 0.462. The van der Waals surface area contributed by atoms with E-state index in [9.17, 15) is 4.79 Å². The zero-order chi connectivity index (χ0) is 11.1. The highest BCUT2D eigenvalue weighted by molar-refractivity contribution is 5.49. The quantitative estimate of drug-likeness (QED) is 0.528. The molecule has 0 aliphatic heterocycles. The third-order valence-corrected chi connectivity index (χ3v) is 2.39. The Morgan fingerprint density at radius 1 is 1.40 bits per heavy atom. The van der Waals surface area contributed by atoms with Gasteiger partial charge in [-0.05, 0) is 49.9 Å². The summed E-state index contributed by atoms with van der Waals surface area (Å²) in [6.45, 7) is 4.76. The molecule has 2 heteroatoms. The molecule has 0 aliphatic rings. The average molecular weight is 206 g/mol. The molecule has 0 heterocycles. The van der Waals surface area contributed by atoms with E-state index in [-0.39, 0.29) is 0 Å². The minimum Gasteiger partial charge on any atom is -0.494 e. The number of hydrogen-bond donors (Lipinski definition) is 0. The van der Waals surface area contributed by atoms with Gasteiger partial charge < -0.3 is 9.53 Å². The van der Waals surface area contributed by atoms with Gasteiger partial charge in [0.2, 0.25) is 0 Å². The van der Waals surface area contributed by atoms with Crippen LogP contribution in [0.5, 0.6) is 5.75 Å². The summed E-state index contributed by atoms with van der Waals surface area (Å²) in [5.41, 5.74) is 2.55. The molecule has 0 fully saturated rings. The normalized spacial score (nSPS) is 10.0. The van der Waals surface area contributed by atoms with Gasteiger partial charge in [-0.15, -0.1) is 0 Å². The molecule has 0 amide bonds. The average Bonchev–Trinajstić information content (AvgIpc) is 2.22. The van der Waals surface area contributed by atoms with Gasteiger partial charge in [0.25, 0.3) is 0 Å². The zero-order valence-corrected chi connectivity index (χ0v) is 9.45. The first-order chi connectivity index (χ1) is 7.27. The van der Waals surface area contributed by atoms with Crippen LogP contribution in [0, 0.1) is 6.92 Å². The van der Waals surface area contributed by atoms with Crippen LogP contribution in [0.15, 0.2) is 18.2 Å². The van der Waals surface area contributed by atoms with Gasteiger partial charge in [0.1, 0.15) is 12.0 Å². The van der Waals surface area contributed by atoms with Crippen molar-refractivity contribution >= 4 is 6.29 Å². The first-order valence-corrected chi connectivity index (χ1v) is 5.44. The van der Waals surface area contributed by atoms with Gasteiger partial charge >= 0.3 is 0 Å². The van der Waals surface area contributed by atoms with Crippen LogP contribution in [-0.2, 0) is 11.2 Å². The van der Waals surface area contributed by atoms with Crippen LogP contribution in [0.3, 0.4) is 0 Å². The number of hydrogen-bond acceptors (Lipinski definition) is 2. The monoisotopic (exact) mass is 206 g/mol. The number of aryl methyl sites for hydroxylation is 2. The summed E-state index contributed by atoms with van der Waals surface area (Å²) in [6.07, 6.45) is 3.52. The second-order valence-corrected chi connectivity index (χ2v) is 3.58. The Kier molecular flexibility index (Phi) is 4.88. The van der Waals surface area contributed by atoms with Gasteiger partial charge in [-0.2, -0.15) is 0 Å². The molecule has 0 unspecified atom stereocenters. The lowest BCUT2D eigenvalue weighted by Crippen LogP contribution is -1.95. The molecular weight excluding hydrogens is 188 g/mol.